The summed E-state index contributed by atoms with van der Waals surface area (Å²) in [6, 6.07) is 9.57. The summed E-state index contributed by atoms with van der Waals surface area (Å²) < 4.78 is 5.50. The third-order valence-corrected chi connectivity index (χ3v) is 4.54. The molecule has 0 bridgehead atoms. The monoisotopic (exact) mass is 314 g/mol. The van der Waals surface area contributed by atoms with Gasteiger partial charge < -0.3 is 15.0 Å². The number of carbonyl (C=O) groups excluding carboxylic acids is 1. The van der Waals surface area contributed by atoms with Gasteiger partial charge in [-0.15, -0.1) is 0 Å². The molecule has 1 aromatic carbocycles. The van der Waals surface area contributed by atoms with Crippen LogP contribution in [0, 0.1) is 0 Å². The van der Waals surface area contributed by atoms with Crippen molar-refractivity contribution in [2.24, 2.45) is 0 Å². The number of hydrogen-bond acceptors (Lipinski definition) is 4. The molecule has 0 fully saturated rings. The lowest BCUT2D eigenvalue weighted by Gasteiger charge is -2.34. The summed E-state index contributed by atoms with van der Waals surface area (Å²) in [5.74, 6) is 0.743. The number of fused-ring (bicyclic) bond motifs is 1. The van der Waals surface area contributed by atoms with Crippen molar-refractivity contribution in [3.05, 3.63) is 47.2 Å². The summed E-state index contributed by atoms with van der Waals surface area (Å²) in [7, 11) is 3.40. The molecule has 0 radical (unpaired) electrons. The topological polar surface area (TPSA) is 70.2 Å². The van der Waals surface area contributed by atoms with Crippen LogP contribution in [0.2, 0.25) is 0 Å². The Morgan fingerprint density at radius 3 is 2.70 bits per heavy atom. The van der Waals surface area contributed by atoms with Crippen molar-refractivity contribution in [1.29, 1.82) is 0 Å². The van der Waals surface area contributed by atoms with E-state index in [9.17, 15) is 4.79 Å². The summed E-state index contributed by atoms with van der Waals surface area (Å²) >= 11 is 0. The maximum absolute atomic E-state index is 13.1. The van der Waals surface area contributed by atoms with Gasteiger partial charge in [-0.05, 0) is 19.4 Å². The van der Waals surface area contributed by atoms with Crippen LogP contribution in [0.3, 0.4) is 0 Å². The number of ether oxygens (including phenoxy) is 1. The van der Waals surface area contributed by atoms with Crippen LogP contribution in [0.5, 0.6) is 0 Å². The molecule has 1 aromatic heterocycles. The number of methoxy groups -OCH3 is 1. The molecule has 0 spiro atoms. The van der Waals surface area contributed by atoms with E-state index in [0.29, 0.717) is 6.54 Å². The number of aromatic nitrogens is 2. The fraction of sp³-hybridized carbons (Fsp3) is 0.412. The number of hydrogen-bond donors (Lipinski definition) is 2. The van der Waals surface area contributed by atoms with Gasteiger partial charge in [0.15, 0.2) is 11.9 Å². The summed E-state index contributed by atoms with van der Waals surface area (Å²) in [6.07, 6.45) is -0.606. The van der Waals surface area contributed by atoms with Gasteiger partial charge in [-0.25, -0.2) is 0 Å². The fourth-order valence-corrected chi connectivity index (χ4v) is 3.22. The summed E-state index contributed by atoms with van der Waals surface area (Å²) in [5, 5.41) is 10.4. The van der Waals surface area contributed by atoms with Gasteiger partial charge in [0.1, 0.15) is 0 Å². The van der Waals surface area contributed by atoms with Crippen molar-refractivity contribution in [3.63, 3.8) is 0 Å². The molecule has 2 heterocycles. The van der Waals surface area contributed by atoms with Gasteiger partial charge in [0, 0.05) is 19.7 Å². The van der Waals surface area contributed by atoms with Gasteiger partial charge in [0.25, 0.3) is 5.91 Å². The van der Waals surface area contributed by atoms with Crippen molar-refractivity contribution in [2.45, 2.75) is 32.0 Å². The largest absolute Gasteiger partial charge is 0.371 e. The van der Waals surface area contributed by atoms with Crippen LogP contribution in [0.1, 0.15) is 36.8 Å². The Hall–Kier alpha value is -2.34. The second kappa shape index (κ2) is 5.70. The fourth-order valence-electron chi connectivity index (χ4n) is 3.22. The zero-order valence-electron chi connectivity index (χ0n) is 13.9. The first-order valence-corrected chi connectivity index (χ1v) is 7.65. The van der Waals surface area contributed by atoms with E-state index < -0.39 is 11.6 Å². The molecule has 23 heavy (non-hydrogen) atoms. The van der Waals surface area contributed by atoms with Crippen LogP contribution in [-0.2, 0) is 21.6 Å². The van der Waals surface area contributed by atoms with E-state index in [1.54, 1.807) is 7.11 Å². The molecule has 0 aliphatic carbocycles. The number of H-pyrrole nitrogens is 1. The smallest absolute Gasteiger partial charge is 0.257 e. The number of aromatic amines is 1. The lowest BCUT2D eigenvalue weighted by molar-refractivity contribution is -0.148. The minimum absolute atomic E-state index is 0.0460. The zero-order chi connectivity index (χ0) is 16.6. The summed E-state index contributed by atoms with van der Waals surface area (Å²) in [4.78, 5) is 15.0. The number of rotatable bonds is 4. The normalized spacial score (nSPS) is 17.0. The van der Waals surface area contributed by atoms with E-state index in [1.165, 1.54) is 0 Å². The molecular formula is C17H22N4O2. The molecule has 1 unspecified atom stereocenters. The van der Waals surface area contributed by atoms with Crippen LogP contribution in [-0.4, -0.2) is 35.2 Å². The molecule has 1 atom stereocenters. The molecule has 1 aliphatic rings. The molecule has 1 aliphatic heterocycles. The predicted molar refractivity (Wildman–Crippen MR) is 87.9 cm³/mol. The van der Waals surface area contributed by atoms with E-state index in [2.05, 4.69) is 15.5 Å². The van der Waals surface area contributed by atoms with Crippen LogP contribution in [0.4, 0.5) is 5.82 Å². The lowest BCUT2D eigenvalue weighted by Crippen LogP contribution is -2.43. The third kappa shape index (κ3) is 2.39. The maximum atomic E-state index is 13.1. The highest BCUT2D eigenvalue weighted by atomic mass is 16.5. The highest BCUT2D eigenvalue weighted by Gasteiger charge is 2.45. The van der Waals surface area contributed by atoms with Crippen molar-refractivity contribution < 1.29 is 9.53 Å². The second-order valence-electron chi connectivity index (χ2n) is 6.19. The van der Waals surface area contributed by atoms with Gasteiger partial charge in [-0.1, -0.05) is 30.3 Å². The number of anilines is 1. The minimum Gasteiger partial charge on any atom is -0.371 e. The number of amides is 1. The minimum atomic E-state index is -0.606. The van der Waals surface area contributed by atoms with Gasteiger partial charge >= 0.3 is 0 Å². The Kier molecular flexibility index (Phi) is 3.85. The number of nitrogens with zero attached hydrogens (tertiary/aromatic N) is 2. The van der Waals surface area contributed by atoms with Crippen LogP contribution in [0.15, 0.2) is 30.3 Å². The Morgan fingerprint density at radius 2 is 2.09 bits per heavy atom. The number of benzene rings is 1. The molecule has 2 N–H and O–H groups in total. The molecule has 6 heteroatoms. The average molecular weight is 314 g/mol. The van der Waals surface area contributed by atoms with Crippen LogP contribution >= 0.6 is 0 Å². The first kappa shape index (κ1) is 15.6. The summed E-state index contributed by atoms with van der Waals surface area (Å²) in [5.41, 5.74) is 2.41. The highest BCUT2D eigenvalue weighted by molar-refractivity contribution is 5.84. The lowest BCUT2D eigenvalue weighted by atomic mass is 9.99. The van der Waals surface area contributed by atoms with Crippen LogP contribution < -0.4 is 5.32 Å². The zero-order valence-corrected chi connectivity index (χ0v) is 13.9. The van der Waals surface area contributed by atoms with Crippen LogP contribution in [0.25, 0.3) is 0 Å². The van der Waals surface area contributed by atoms with E-state index in [1.807, 2.05) is 56.1 Å². The highest BCUT2D eigenvalue weighted by Crippen LogP contribution is 2.42. The van der Waals surface area contributed by atoms with E-state index in [4.69, 9.17) is 4.74 Å². The molecule has 1 amide bonds. The van der Waals surface area contributed by atoms with Gasteiger partial charge in [0.05, 0.1) is 17.8 Å². The third-order valence-electron chi connectivity index (χ3n) is 4.54. The molecule has 2 aromatic rings. The first-order valence-electron chi connectivity index (χ1n) is 7.65. The predicted octanol–water partition coefficient (Wildman–Crippen LogP) is 2.42. The SMILES string of the molecule is CNc1n[nH]c2c1CN(C(=O)C(OC)c1ccccc1)C2(C)C. The van der Waals surface area contributed by atoms with Gasteiger partial charge in [0.2, 0.25) is 0 Å². The Labute approximate surface area is 135 Å². The van der Waals surface area contributed by atoms with Crippen molar-refractivity contribution in [2.75, 3.05) is 19.5 Å². The number of carbonyl (C=O) groups is 1. The Balaban J connectivity index is 1.93. The molecule has 122 valence electrons. The molecule has 6 nitrogen and oxygen atoms in total. The standard InChI is InChI=1S/C17H22N4O2/c1-17(2)14-12(15(18-3)20-19-14)10-21(17)16(22)13(23-4)11-8-6-5-7-9-11/h5-9,13H,10H2,1-4H3,(H2,18,19,20). The van der Waals surface area contributed by atoms with Gasteiger partial charge in [-0.2, -0.15) is 5.10 Å². The Morgan fingerprint density at radius 1 is 1.39 bits per heavy atom. The second-order valence-corrected chi connectivity index (χ2v) is 6.19. The van der Waals surface area contributed by atoms with E-state index in [-0.39, 0.29) is 5.91 Å². The quantitative estimate of drug-likeness (QED) is 0.909. The molecule has 0 saturated carbocycles. The average Bonchev–Trinajstić information content (AvgIpc) is 3.07. The summed E-state index contributed by atoms with van der Waals surface area (Å²) in [6.45, 7) is 4.55. The van der Waals surface area contributed by atoms with Crippen molar-refractivity contribution in [1.82, 2.24) is 15.1 Å². The molecular weight excluding hydrogens is 292 g/mol. The first-order chi connectivity index (χ1) is 11.0. The molecule has 3 rings (SSSR count). The van der Waals surface area contributed by atoms with E-state index in [0.717, 1.165) is 22.6 Å². The number of nitrogens with one attached hydrogen (secondary N) is 2. The van der Waals surface area contributed by atoms with Gasteiger partial charge in [-0.3, -0.25) is 9.89 Å². The van der Waals surface area contributed by atoms with Crippen molar-refractivity contribution in [3.8, 4) is 0 Å². The molecule has 0 saturated heterocycles. The Bertz CT molecular complexity index is 709. The van der Waals surface area contributed by atoms with E-state index >= 15 is 0 Å². The maximum Gasteiger partial charge on any atom is 0.257 e. The van der Waals surface area contributed by atoms with Crippen molar-refractivity contribution >= 4 is 11.7 Å².